The van der Waals surface area contributed by atoms with E-state index < -0.39 is 12.1 Å². The van der Waals surface area contributed by atoms with Gasteiger partial charge in [-0.05, 0) is 18.9 Å². The fourth-order valence-corrected chi connectivity index (χ4v) is 2.54. The van der Waals surface area contributed by atoms with E-state index in [1.165, 1.54) is 4.90 Å². The number of hydrogen-bond acceptors (Lipinski definition) is 2. The fraction of sp³-hybridized carbons (Fsp3) is 0.500. The quantitative estimate of drug-likeness (QED) is 0.835. The Labute approximate surface area is 132 Å². The zero-order valence-corrected chi connectivity index (χ0v) is 12.9. The monoisotopic (exact) mass is 328 g/mol. The van der Waals surface area contributed by atoms with Crippen molar-refractivity contribution in [3.8, 4) is 0 Å². The van der Waals surface area contributed by atoms with Crippen LogP contribution in [0.3, 0.4) is 0 Å². The number of amides is 2. The zero-order chi connectivity index (χ0) is 17.0. The van der Waals surface area contributed by atoms with Gasteiger partial charge in [0.2, 0.25) is 5.91 Å². The first-order valence-corrected chi connectivity index (χ1v) is 7.47. The molecule has 1 saturated heterocycles. The number of alkyl halides is 3. The van der Waals surface area contributed by atoms with E-state index in [1.807, 2.05) is 31.2 Å². The molecule has 0 aromatic heterocycles. The SMILES string of the molecule is Cc1ccc(CC(=O)N2CCCN(C(=O)C(F)(F)F)CC2)cc1. The fourth-order valence-electron chi connectivity index (χ4n) is 2.54. The minimum atomic E-state index is -4.86. The number of benzene rings is 1. The largest absolute Gasteiger partial charge is 0.471 e. The van der Waals surface area contributed by atoms with Gasteiger partial charge < -0.3 is 9.80 Å². The summed E-state index contributed by atoms with van der Waals surface area (Å²) < 4.78 is 37.4. The maximum Gasteiger partial charge on any atom is 0.471 e. The van der Waals surface area contributed by atoms with Crippen LogP contribution in [0.25, 0.3) is 0 Å². The van der Waals surface area contributed by atoms with Gasteiger partial charge in [-0.2, -0.15) is 13.2 Å². The van der Waals surface area contributed by atoms with Crippen molar-refractivity contribution in [1.29, 1.82) is 0 Å². The van der Waals surface area contributed by atoms with Gasteiger partial charge in [0.05, 0.1) is 6.42 Å². The van der Waals surface area contributed by atoms with Crippen molar-refractivity contribution in [3.05, 3.63) is 35.4 Å². The number of rotatable bonds is 2. The molecule has 1 heterocycles. The summed E-state index contributed by atoms with van der Waals surface area (Å²) in [5.41, 5.74) is 1.96. The topological polar surface area (TPSA) is 40.6 Å². The molecule has 0 saturated carbocycles. The summed E-state index contributed by atoms with van der Waals surface area (Å²) in [5, 5.41) is 0. The summed E-state index contributed by atoms with van der Waals surface area (Å²) in [7, 11) is 0. The van der Waals surface area contributed by atoms with Crippen LogP contribution in [0.1, 0.15) is 17.5 Å². The van der Waals surface area contributed by atoms with E-state index in [1.54, 1.807) is 0 Å². The van der Waals surface area contributed by atoms with Crippen molar-refractivity contribution < 1.29 is 22.8 Å². The van der Waals surface area contributed by atoms with Gasteiger partial charge >= 0.3 is 12.1 Å². The van der Waals surface area contributed by atoms with Crippen LogP contribution in [0.2, 0.25) is 0 Å². The average molecular weight is 328 g/mol. The van der Waals surface area contributed by atoms with Crippen LogP contribution in [0.4, 0.5) is 13.2 Å². The minimum Gasteiger partial charge on any atom is -0.341 e. The van der Waals surface area contributed by atoms with Crippen molar-refractivity contribution in [2.75, 3.05) is 26.2 Å². The molecule has 0 atom stereocenters. The zero-order valence-electron chi connectivity index (χ0n) is 12.9. The number of hydrogen-bond donors (Lipinski definition) is 0. The lowest BCUT2D eigenvalue weighted by atomic mass is 10.1. The van der Waals surface area contributed by atoms with E-state index in [4.69, 9.17) is 0 Å². The molecular formula is C16H19F3N2O2. The summed E-state index contributed by atoms with van der Waals surface area (Å²) in [6.45, 7) is 2.39. The Bertz CT molecular complexity index is 570. The van der Waals surface area contributed by atoms with Gasteiger partial charge in [0.1, 0.15) is 0 Å². The Balaban J connectivity index is 1.93. The third-order valence-electron chi connectivity index (χ3n) is 3.85. The van der Waals surface area contributed by atoms with Gasteiger partial charge in [-0.1, -0.05) is 29.8 Å². The lowest BCUT2D eigenvalue weighted by Crippen LogP contribution is -2.43. The maximum absolute atomic E-state index is 12.5. The van der Waals surface area contributed by atoms with Crippen LogP contribution in [0, 0.1) is 6.92 Å². The first-order valence-electron chi connectivity index (χ1n) is 7.47. The van der Waals surface area contributed by atoms with Gasteiger partial charge in [-0.15, -0.1) is 0 Å². The van der Waals surface area contributed by atoms with Gasteiger partial charge in [-0.3, -0.25) is 9.59 Å². The second-order valence-electron chi connectivity index (χ2n) is 5.69. The Hall–Kier alpha value is -2.05. The Morgan fingerprint density at radius 2 is 1.57 bits per heavy atom. The smallest absolute Gasteiger partial charge is 0.341 e. The Morgan fingerprint density at radius 3 is 2.17 bits per heavy atom. The molecule has 0 spiro atoms. The van der Waals surface area contributed by atoms with Gasteiger partial charge in [-0.25, -0.2) is 0 Å². The molecule has 2 rings (SSSR count). The van der Waals surface area contributed by atoms with Crippen LogP contribution in [0.5, 0.6) is 0 Å². The van der Waals surface area contributed by atoms with E-state index in [-0.39, 0.29) is 32.0 Å². The number of carbonyl (C=O) groups excluding carboxylic acids is 2. The van der Waals surface area contributed by atoms with Crippen molar-refractivity contribution >= 4 is 11.8 Å². The molecule has 0 radical (unpaired) electrons. The molecule has 7 heteroatoms. The van der Waals surface area contributed by atoms with E-state index in [2.05, 4.69) is 0 Å². The number of halogens is 3. The molecule has 2 amide bonds. The Kier molecular flexibility index (Phi) is 5.28. The first-order chi connectivity index (χ1) is 10.8. The van der Waals surface area contributed by atoms with Crippen molar-refractivity contribution in [3.63, 3.8) is 0 Å². The summed E-state index contributed by atoms with van der Waals surface area (Å²) in [6, 6.07) is 7.55. The van der Waals surface area contributed by atoms with Crippen LogP contribution in [0.15, 0.2) is 24.3 Å². The van der Waals surface area contributed by atoms with Crippen molar-refractivity contribution in [1.82, 2.24) is 9.80 Å². The highest BCUT2D eigenvalue weighted by Gasteiger charge is 2.42. The van der Waals surface area contributed by atoms with Gasteiger partial charge in [0.25, 0.3) is 0 Å². The highest BCUT2D eigenvalue weighted by molar-refractivity contribution is 5.82. The van der Waals surface area contributed by atoms with E-state index in [9.17, 15) is 22.8 Å². The van der Waals surface area contributed by atoms with Crippen LogP contribution >= 0.6 is 0 Å². The molecule has 1 aliphatic rings. The third kappa shape index (κ3) is 4.71. The normalized spacial score (nSPS) is 16.2. The number of nitrogens with zero attached hydrogens (tertiary/aromatic N) is 2. The van der Waals surface area contributed by atoms with E-state index in [0.717, 1.165) is 16.0 Å². The van der Waals surface area contributed by atoms with Crippen LogP contribution in [-0.2, 0) is 16.0 Å². The van der Waals surface area contributed by atoms with E-state index >= 15 is 0 Å². The lowest BCUT2D eigenvalue weighted by molar-refractivity contribution is -0.185. The molecule has 1 aromatic rings. The van der Waals surface area contributed by atoms with Gasteiger partial charge in [0, 0.05) is 26.2 Å². The molecule has 23 heavy (non-hydrogen) atoms. The molecule has 1 fully saturated rings. The molecule has 0 aliphatic carbocycles. The summed E-state index contributed by atoms with van der Waals surface area (Å²) in [5.74, 6) is -1.96. The molecular weight excluding hydrogens is 309 g/mol. The molecule has 0 bridgehead atoms. The van der Waals surface area contributed by atoms with Gasteiger partial charge in [0.15, 0.2) is 0 Å². The van der Waals surface area contributed by atoms with Crippen LogP contribution in [-0.4, -0.2) is 54.0 Å². The molecule has 0 N–H and O–H groups in total. The predicted molar refractivity (Wildman–Crippen MR) is 78.7 cm³/mol. The van der Waals surface area contributed by atoms with Crippen LogP contribution < -0.4 is 0 Å². The third-order valence-corrected chi connectivity index (χ3v) is 3.85. The number of carbonyl (C=O) groups is 2. The first kappa shape index (κ1) is 17.3. The summed E-state index contributed by atoms with van der Waals surface area (Å²) >= 11 is 0. The van der Waals surface area contributed by atoms with Crippen molar-refractivity contribution in [2.45, 2.75) is 25.9 Å². The maximum atomic E-state index is 12.5. The highest BCUT2D eigenvalue weighted by atomic mass is 19.4. The Morgan fingerprint density at radius 1 is 1.00 bits per heavy atom. The number of aryl methyl sites for hydroxylation is 1. The second-order valence-corrected chi connectivity index (χ2v) is 5.69. The average Bonchev–Trinajstić information content (AvgIpc) is 2.73. The molecule has 0 unspecified atom stereocenters. The standard InChI is InChI=1S/C16H19F3N2O2/c1-12-3-5-13(6-4-12)11-14(22)20-7-2-8-21(10-9-20)15(23)16(17,18)19/h3-6H,2,7-11H2,1H3. The highest BCUT2D eigenvalue weighted by Crippen LogP contribution is 2.19. The lowest BCUT2D eigenvalue weighted by Gasteiger charge is -2.23. The summed E-state index contributed by atoms with van der Waals surface area (Å²) in [6.07, 6.45) is -4.30. The molecule has 4 nitrogen and oxygen atoms in total. The predicted octanol–water partition coefficient (Wildman–Crippen LogP) is 2.16. The summed E-state index contributed by atoms with van der Waals surface area (Å²) in [4.78, 5) is 25.9. The molecule has 126 valence electrons. The minimum absolute atomic E-state index is 0.0205. The second kappa shape index (κ2) is 7.02. The molecule has 1 aromatic carbocycles. The molecule has 1 aliphatic heterocycles. The van der Waals surface area contributed by atoms with Crippen molar-refractivity contribution in [2.24, 2.45) is 0 Å². The van der Waals surface area contributed by atoms with E-state index in [0.29, 0.717) is 13.0 Å².